The summed E-state index contributed by atoms with van der Waals surface area (Å²) in [4.78, 5) is 14.6. The van der Waals surface area contributed by atoms with E-state index in [2.05, 4.69) is 5.32 Å². The summed E-state index contributed by atoms with van der Waals surface area (Å²) in [7, 11) is 3.28. The number of carbonyl (C=O) groups is 1. The Labute approximate surface area is 188 Å². The molecule has 5 nitrogen and oxygen atoms in total. The molecule has 0 aliphatic heterocycles. The van der Waals surface area contributed by atoms with E-state index >= 15 is 0 Å². The zero-order valence-electron chi connectivity index (χ0n) is 17.9. The second kappa shape index (κ2) is 8.90. The SMILES string of the molecule is CN(C)c1ccc(NC(=O)c2oc3ccccc3c2COc2ccccc2)c(C(F)(F)F)c1. The topological polar surface area (TPSA) is 54.7 Å². The number of alkyl halides is 3. The van der Waals surface area contributed by atoms with E-state index in [9.17, 15) is 18.0 Å². The van der Waals surface area contributed by atoms with Crippen molar-refractivity contribution in [3.8, 4) is 5.75 Å². The van der Waals surface area contributed by atoms with Gasteiger partial charge in [0.25, 0.3) is 5.91 Å². The molecule has 0 saturated heterocycles. The van der Waals surface area contributed by atoms with E-state index in [0.717, 1.165) is 6.07 Å². The second-order valence-corrected chi connectivity index (χ2v) is 7.58. The predicted molar refractivity (Wildman–Crippen MR) is 121 cm³/mol. The molecule has 3 aromatic carbocycles. The lowest BCUT2D eigenvalue weighted by molar-refractivity contribution is -0.136. The first-order valence-corrected chi connectivity index (χ1v) is 10.1. The minimum Gasteiger partial charge on any atom is -0.489 e. The van der Waals surface area contributed by atoms with Crippen molar-refractivity contribution in [3.05, 3.63) is 89.7 Å². The van der Waals surface area contributed by atoms with Crippen molar-refractivity contribution in [3.63, 3.8) is 0 Å². The van der Waals surface area contributed by atoms with Crippen LogP contribution in [0.2, 0.25) is 0 Å². The van der Waals surface area contributed by atoms with Gasteiger partial charge in [-0.15, -0.1) is 0 Å². The van der Waals surface area contributed by atoms with Crippen molar-refractivity contribution in [2.75, 3.05) is 24.3 Å². The maximum atomic E-state index is 13.7. The highest BCUT2D eigenvalue weighted by Crippen LogP contribution is 2.38. The smallest absolute Gasteiger partial charge is 0.418 e. The number of ether oxygens (including phenoxy) is 1. The monoisotopic (exact) mass is 454 g/mol. The van der Waals surface area contributed by atoms with E-state index in [-0.39, 0.29) is 18.1 Å². The molecule has 33 heavy (non-hydrogen) atoms. The Hall–Kier alpha value is -3.94. The third-order valence-electron chi connectivity index (χ3n) is 5.10. The second-order valence-electron chi connectivity index (χ2n) is 7.58. The normalized spacial score (nSPS) is 11.4. The maximum Gasteiger partial charge on any atom is 0.418 e. The first kappa shape index (κ1) is 22.3. The summed E-state index contributed by atoms with van der Waals surface area (Å²) in [6, 6.07) is 19.7. The minimum absolute atomic E-state index is 0.00940. The highest BCUT2D eigenvalue weighted by Gasteiger charge is 2.35. The molecule has 1 aromatic heterocycles. The zero-order valence-corrected chi connectivity index (χ0v) is 17.9. The molecule has 0 fully saturated rings. The molecule has 0 unspecified atom stereocenters. The van der Waals surface area contributed by atoms with Gasteiger partial charge in [0.1, 0.15) is 17.9 Å². The molecule has 0 saturated carbocycles. The van der Waals surface area contributed by atoms with Crippen LogP contribution in [0.15, 0.2) is 77.2 Å². The highest BCUT2D eigenvalue weighted by atomic mass is 19.4. The Morgan fingerprint density at radius 1 is 1.00 bits per heavy atom. The average molecular weight is 454 g/mol. The van der Waals surface area contributed by atoms with Gasteiger partial charge in [0, 0.05) is 30.7 Å². The molecule has 1 amide bonds. The number of para-hydroxylation sites is 2. The van der Waals surface area contributed by atoms with Crippen molar-refractivity contribution in [1.82, 2.24) is 0 Å². The molecule has 0 radical (unpaired) electrons. The molecule has 170 valence electrons. The number of benzene rings is 3. The molecular weight excluding hydrogens is 433 g/mol. The van der Waals surface area contributed by atoms with Gasteiger partial charge < -0.3 is 19.4 Å². The van der Waals surface area contributed by atoms with Gasteiger partial charge in [-0.1, -0.05) is 36.4 Å². The van der Waals surface area contributed by atoms with Crippen LogP contribution < -0.4 is 15.0 Å². The third kappa shape index (κ3) is 4.79. The number of nitrogens with one attached hydrogen (secondary N) is 1. The summed E-state index contributed by atoms with van der Waals surface area (Å²) >= 11 is 0. The third-order valence-corrected chi connectivity index (χ3v) is 5.10. The van der Waals surface area contributed by atoms with Crippen molar-refractivity contribution in [2.24, 2.45) is 0 Å². The van der Waals surface area contributed by atoms with Crippen LogP contribution >= 0.6 is 0 Å². The average Bonchev–Trinajstić information content (AvgIpc) is 3.16. The van der Waals surface area contributed by atoms with Gasteiger partial charge in [-0.05, 0) is 36.4 Å². The number of hydrogen-bond acceptors (Lipinski definition) is 4. The lowest BCUT2D eigenvalue weighted by atomic mass is 10.1. The van der Waals surface area contributed by atoms with Gasteiger partial charge in [-0.2, -0.15) is 13.2 Å². The molecule has 1 heterocycles. The number of hydrogen-bond donors (Lipinski definition) is 1. The highest BCUT2D eigenvalue weighted by molar-refractivity contribution is 6.07. The summed E-state index contributed by atoms with van der Waals surface area (Å²) in [5.41, 5.74) is -0.0477. The lowest BCUT2D eigenvalue weighted by Crippen LogP contribution is -2.19. The summed E-state index contributed by atoms with van der Waals surface area (Å²) in [5, 5.41) is 3.02. The van der Waals surface area contributed by atoms with Gasteiger partial charge >= 0.3 is 6.18 Å². The number of nitrogens with zero attached hydrogens (tertiary/aromatic N) is 1. The van der Waals surface area contributed by atoms with Gasteiger partial charge in [-0.25, -0.2) is 0 Å². The number of rotatable bonds is 6. The van der Waals surface area contributed by atoms with E-state index in [0.29, 0.717) is 28.0 Å². The van der Waals surface area contributed by atoms with Crippen LogP contribution in [0.1, 0.15) is 21.7 Å². The summed E-state index contributed by atoms with van der Waals surface area (Å²) in [5.74, 6) is -0.300. The lowest BCUT2D eigenvalue weighted by Gasteiger charge is -2.18. The van der Waals surface area contributed by atoms with Crippen molar-refractivity contribution >= 4 is 28.3 Å². The van der Waals surface area contributed by atoms with Gasteiger partial charge in [0.05, 0.1) is 11.3 Å². The van der Waals surface area contributed by atoms with E-state index in [1.165, 1.54) is 12.1 Å². The van der Waals surface area contributed by atoms with Gasteiger partial charge in [0.2, 0.25) is 0 Å². The summed E-state index contributed by atoms with van der Waals surface area (Å²) in [6.07, 6.45) is -4.65. The van der Waals surface area contributed by atoms with Crippen LogP contribution in [0.4, 0.5) is 24.5 Å². The number of carbonyl (C=O) groups excluding carboxylic acids is 1. The molecular formula is C25H21F3N2O3. The Morgan fingerprint density at radius 2 is 1.70 bits per heavy atom. The first-order valence-electron chi connectivity index (χ1n) is 10.1. The molecule has 8 heteroatoms. The van der Waals surface area contributed by atoms with Crippen LogP contribution in [0.5, 0.6) is 5.75 Å². The number of halogens is 3. The largest absolute Gasteiger partial charge is 0.489 e. The van der Waals surface area contributed by atoms with Crippen molar-refractivity contribution in [1.29, 1.82) is 0 Å². The van der Waals surface area contributed by atoms with Crippen LogP contribution in [0.25, 0.3) is 11.0 Å². The molecule has 4 rings (SSSR count). The summed E-state index contributed by atoms with van der Waals surface area (Å²) < 4.78 is 52.6. The molecule has 4 aromatic rings. The van der Waals surface area contributed by atoms with Crippen LogP contribution in [-0.2, 0) is 12.8 Å². The van der Waals surface area contributed by atoms with E-state index in [4.69, 9.17) is 9.15 Å². The van der Waals surface area contributed by atoms with Crippen LogP contribution in [-0.4, -0.2) is 20.0 Å². The van der Waals surface area contributed by atoms with Crippen LogP contribution in [0, 0.1) is 0 Å². The standard InChI is InChI=1S/C25H21F3N2O3/c1-30(2)16-12-13-21(20(14-16)25(26,27)28)29-24(31)23-19(15-32-17-8-4-3-5-9-17)18-10-6-7-11-22(18)33-23/h3-14H,15H2,1-2H3,(H,29,31). The molecule has 0 atom stereocenters. The fraction of sp³-hybridized carbons (Fsp3) is 0.160. The summed E-state index contributed by atoms with van der Waals surface area (Å²) in [6.45, 7) is 0.00940. The molecule has 0 aliphatic rings. The van der Waals surface area contributed by atoms with Gasteiger partial charge in [-0.3, -0.25) is 4.79 Å². The number of anilines is 2. The zero-order chi connectivity index (χ0) is 23.6. The molecule has 1 N–H and O–H groups in total. The fourth-order valence-electron chi connectivity index (χ4n) is 3.43. The first-order chi connectivity index (χ1) is 15.7. The number of fused-ring (bicyclic) bond motifs is 1. The van der Waals surface area contributed by atoms with Crippen molar-refractivity contribution in [2.45, 2.75) is 12.8 Å². The number of amides is 1. The fourth-order valence-corrected chi connectivity index (χ4v) is 3.43. The van der Waals surface area contributed by atoms with Crippen LogP contribution in [0.3, 0.4) is 0 Å². The van der Waals surface area contributed by atoms with E-state index < -0.39 is 17.6 Å². The quantitative estimate of drug-likeness (QED) is 0.369. The van der Waals surface area contributed by atoms with E-state index in [1.807, 2.05) is 18.2 Å². The molecule has 0 aliphatic carbocycles. The number of furan rings is 1. The Morgan fingerprint density at radius 3 is 2.39 bits per heavy atom. The van der Waals surface area contributed by atoms with Gasteiger partial charge in [0.15, 0.2) is 5.76 Å². The minimum atomic E-state index is -4.65. The molecule has 0 bridgehead atoms. The Balaban J connectivity index is 1.69. The Kier molecular flexibility index (Phi) is 6.00. The van der Waals surface area contributed by atoms with Crippen molar-refractivity contribution < 1.29 is 27.1 Å². The Bertz CT molecular complexity index is 1280. The van der Waals surface area contributed by atoms with E-state index in [1.54, 1.807) is 55.4 Å². The maximum absolute atomic E-state index is 13.7. The molecule has 0 spiro atoms. The predicted octanol–water partition coefficient (Wildman–Crippen LogP) is 6.35.